The van der Waals surface area contributed by atoms with Crippen molar-refractivity contribution in [1.29, 1.82) is 0 Å². The second-order valence-electron chi connectivity index (χ2n) is 8.25. The monoisotopic (exact) mass is 477 g/mol. The number of nitrogens with zero attached hydrogens (tertiary/aromatic N) is 3. The van der Waals surface area contributed by atoms with E-state index in [4.69, 9.17) is 9.47 Å². The van der Waals surface area contributed by atoms with Crippen molar-refractivity contribution >= 4 is 22.4 Å². The Morgan fingerprint density at radius 1 is 0.853 bits per heavy atom. The van der Waals surface area contributed by atoms with Crippen LogP contribution in [0.25, 0.3) is 22.4 Å². The summed E-state index contributed by atoms with van der Waals surface area (Å²) in [6.45, 7) is 5.80. The summed E-state index contributed by atoms with van der Waals surface area (Å²) in [7, 11) is 0. The quantitative estimate of drug-likeness (QED) is 0.252. The molecule has 7 heteroatoms. The SMILES string of the molecule is CCCCCOc1ccc(C=c2sc3nc(-c4ccc(OCCCCC)cc4)nn3c2=O)cc1. The molecule has 0 saturated heterocycles. The van der Waals surface area contributed by atoms with E-state index in [-0.39, 0.29) is 5.56 Å². The Kier molecular flexibility index (Phi) is 8.31. The molecule has 34 heavy (non-hydrogen) atoms. The van der Waals surface area contributed by atoms with Crippen molar-refractivity contribution in [2.24, 2.45) is 0 Å². The van der Waals surface area contributed by atoms with Crippen LogP contribution in [0.15, 0.2) is 53.3 Å². The van der Waals surface area contributed by atoms with Gasteiger partial charge in [-0.05, 0) is 60.9 Å². The maximum absolute atomic E-state index is 12.9. The molecular weight excluding hydrogens is 446 g/mol. The van der Waals surface area contributed by atoms with Gasteiger partial charge in [0.2, 0.25) is 4.96 Å². The van der Waals surface area contributed by atoms with E-state index in [0.717, 1.165) is 48.7 Å². The fraction of sp³-hybridized carbons (Fsp3) is 0.370. The highest BCUT2D eigenvalue weighted by molar-refractivity contribution is 7.15. The number of thiazole rings is 1. The first-order valence-electron chi connectivity index (χ1n) is 12.1. The Morgan fingerprint density at radius 2 is 1.44 bits per heavy atom. The summed E-state index contributed by atoms with van der Waals surface area (Å²) in [5.41, 5.74) is 1.64. The highest BCUT2D eigenvalue weighted by atomic mass is 32.1. The molecule has 4 aromatic rings. The summed E-state index contributed by atoms with van der Waals surface area (Å²) >= 11 is 1.34. The Bertz CT molecular complexity index is 1290. The van der Waals surface area contributed by atoms with Crippen LogP contribution in [0, 0.1) is 0 Å². The van der Waals surface area contributed by atoms with Crippen LogP contribution in [0.3, 0.4) is 0 Å². The number of rotatable bonds is 12. The van der Waals surface area contributed by atoms with Crippen molar-refractivity contribution in [2.75, 3.05) is 13.2 Å². The lowest BCUT2D eigenvalue weighted by Gasteiger charge is -2.05. The van der Waals surface area contributed by atoms with Gasteiger partial charge in [-0.1, -0.05) is 63.0 Å². The molecule has 6 nitrogen and oxygen atoms in total. The lowest BCUT2D eigenvalue weighted by molar-refractivity contribution is 0.306. The lowest BCUT2D eigenvalue weighted by atomic mass is 10.2. The summed E-state index contributed by atoms with van der Waals surface area (Å²) in [6, 6.07) is 15.5. The predicted molar refractivity (Wildman–Crippen MR) is 138 cm³/mol. The van der Waals surface area contributed by atoms with Gasteiger partial charge < -0.3 is 9.47 Å². The smallest absolute Gasteiger partial charge is 0.291 e. The molecule has 0 atom stereocenters. The van der Waals surface area contributed by atoms with Gasteiger partial charge in [-0.15, -0.1) is 5.10 Å². The molecule has 2 aromatic heterocycles. The van der Waals surface area contributed by atoms with Crippen molar-refractivity contribution in [3.05, 3.63) is 69.0 Å². The highest BCUT2D eigenvalue weighted by Gasteiger charge is 2.12. The summed E-state index contributed by atoms with van der Waals surface area (Å²) in [4.78, 5) is 18.0. The van der Waals surface area contributed by atoms with Crippen LogP contribution in [0.2, 0.25) is 0 Å². The third-order valence-corrected chi connectivity index (χ3v) is 6.46. The molecule has 0 amide bonds. The first-order valence-corrected chi connectivity index (χ1v) is 12.9. The maximum Gasteiger partial charge on any atom is 0.291 e. The molecule has 0 unspecified atom stereocenters. The van der Waals surface area contributed by atoms with Gasteiger partial charge >= 0.3 is 0 Å². The van der Waals surface area contributed by atoms with E-state index in [1.807, 2.05) is 54.6 Å². The van der Waals surface area contributed by atoms with E-state index in [9.17, 15) is 4.79 Å². The van der Waals surface area contributed by atoms with Gasteiger partial charge in [-0.25, -0.2) is 0 Å². The first-order chi connectivity index (χ1) is 16.7. The summed E-state index contributed by atoms with van der Waals surface area (Å²) in [6.07, 6.45) is 8.68. The van der Waals surface area contributed by atoms with Crippen molar-refractivity contribution < 1.29 is 9.47 Å². The average molecular weight is 478 g/mol. The molecule has 2 aromatic carbocycles. The zero-order chi connectivity index (χ0) is 23.8. The normalized spacial score (nSPS) is 11.9. The van der Waals surface area contributed by atoms with Crippen LogP contribution >= 0.6 is 11.3 Å². The Labute approximate surface area is 203 Å². The molecule has 0 bridgehead atoms. The lowest BCUT2D eigenvalue weighted by Crippen LogP contribution is -2.23. The molecule has 0 saturated carbocycles. The second-order valence-corrected chi connectivity index (χ2v) is 9.26. The molecule has 2 heterocycles. The van der Waals surface area contributed by atoms with E-state index in [0.29, 0.717) is 15.3 Å². The Hall–Kier alpha value is -3.19. The summed E-state index contributed by atoms with van der Waals surface area (Å²) < 4.78 is 13.5. The number of aromatic nitrogens is 3. The minimum absolute atomic E-state index is 0.158. The van der Waals surface area contributed by atoms with Crippen LogP contribution < -0.4 is 19.6 Å². The van der Waals surface area contributed by atoms with Gasteiger partial charge in [0.25, 0.3) is 5.56 Å². The fourth-order valence-electron chi connectivity index (χ4n) is 3.55. The topological polar surface area (TPSA) is 65.7 Å². The van der Waals surface area contributed by atoms with E-state index >= 15 is 0 Å². The summed E-state index contributed by atoms with van der Waals surface area (Å²) in [5, 5.41) is 4.45. The number of benzene rings is 2. The number of hydrogen-bond acceptors (Lipinski definition) is 6. The van der Waals surface area contributed by atoms with Crippen molar-refractivity contribution in [3.8, 4) is 22.9 Å². The van der Waals surface area contributed by atoms with E-state index in [1.165, 1.54) is 41.5 Å². The first kappa shape index (κ1) is 24.0. The highest BCUT2D eigenvalue weighted by Crippen LogP contribution is 2.21. The van der Waals surface area contributed by atoms with Crippen LogP contribution in [0.1, 0.15) is 57.9 Å². The molecule has 0 aliphatic carbocycles. The molecule has 0 N–H and O–H groups in total. The zero-order valence-corrected chi connectivity index (χ0v) is 20.6. The number of hydrogen-bond donors (Lipinski definition) is 0. The van der Waals surface area contributed by atoms with Gasteiger partial charge in [-0.3, -0.25) is 4.79 Å². The number of fused-ring (bicyclic) bond motifs is 1. The third-order valence-electron chi connectivity index (χ3n) is 5.51. The Balaban J connectivity index is 1.45. The van der Waals surface area contributed by atoms with Gasteiger partial charge in [0.1, 0.15) is 11.5 Å². The molecular formula is C27H31N3O3S. The maximum atomic E-state index is 12.9. The van der Waals surface area contributed by atoms with Crippen molar-refractivity contribution in [1.82, 2.24) is 14.6 Å². The van der Waals surface area contributed by atoms with Crippen LogP contribution in [-0.4, -0.2) is 27.8 Å². The number of unbranched alkanes of at least 4 members (excludes halogenated alkanes) is 4. The third kappa shape index (κ3) is 6.03. The van der Waals surface area contributed by atoms with Crippen molar-refractivity contribution in [2.45, 2.75) is 52.4 Å². The molecule has 4 rings (SSSR count). The minimum atomic E-state index is -0.158. The largest absolute Gasteiger partial charge is 0.494 e. The minimum Gasteiger partial charge on any atom is -0.494 e. The number of ether oxygens (including phenoxy) is 2. The van der Waals surface area contributed by atoms with Crippen LogP contribution in [0.4, 0.5) is 0 Å². The average Bonchev–Trinajstić information content (AvgIpc) is 3.40. The zero-order valence-electron chi connectivity index (χ0n) is 19.8. The Morgan fingerprint density at radius 3 is 2.00 bits per heavy atom. The molecule has 0 aliphatic rings. The van der Waals surface area contributed by atoms with E-state index in [2.05, 4.69) is 23.9 Å². The molecule has 0 spiro atoms. The predicted octanol–water partition coefficient (Wildman–Crippen LogP) is 5.50. The molecule has 0 radical (unpaired) electrons. The van der Waals surface area contributed by atoms with Gasteiger partial charge in [0.15, 0.2) is 5.82 Å². The van der Waals surface area contributed by atoms with Crippen LogP contribution in [0.5, 0.6) is 11.5 Å². The van der Waals surface area contributed by atoms with Crippen LogP contribution in [-0.2, 0) is 0 Å². The molecule has 0 aliphatic heterocycles. The van der Waals surface area contributed by atoms with Crippen molar-refractivity contribution in [3.63, 3.8) is 0 Å². The van der Waals surface area contributed by atoms with Gasteiger partial charge in [0, 0.05) is 5.56 Å². The standard InChI is InChI=1S/C27H31N3O3S/c1-3-5-7-17-32-22-13-9-20(10-14-22)19-24-26(31)30-27(34-24)28-25(29-30)21-11-15-23(16-12-21)33-18-8-6-4-2/h9-16,19H,3-8,17-18H2,1-2H3. The fourth-order valence-corrected chi connectivity index (χ4v) is 4.46. The molecule has 0 fully saturated rings. The second kappa shape index (κ2) is 11.8. The molecule has 178 valence electrons. The van der Waals surface area contributed by atoms with E-state index < -0.39 is 0 Å². The van der Waals surface area contributed by atoms with Gasteiger partial charge in [0.05, 0.1) is 17.7 Å². The summed E-state index contributed by atoms with van der Waals surface area (Å²) in [5.74, 6) is 2.22. The van der Waals surface area contributed by atoms with E-state index in [1.54, 1.807) is 0 Å². The van der Waals surface area contributed by atoms with Gasteiger partial charge in [-0.2, -0.15) is 9.50 Å².